The zero-order valence-corrected chi connectivity index (χ0v) is 8.57. The molecular weight excluding hydrogens is 150 g/mol. The maximum Gasteiger partial charge on any atom is 0.0872 e. The van der Waals surface area contributed by atoms with Crippen molar-refractivity contribution in [2.45, 2.75) is 25.0 Å². The first-order valence-electron chi connectivity index (χ1n) is 4.32. The van der Waals surface area contributed by atoms with Gasteiger partial charge < -0.3 is 16.0 Å². The first-order valence-corrected chi connectivity index (χ1v) is 4.32. The lowest BCUT2D eigenvalue weighted by molar-refractivity contribution is 0.228. The van der Waals surface area contributed by atoms with Crippen LogP contribution in [0, 0.1) is 0 Å². The molecule has 0 fully saturated rings. The third-order valence-corrected chi connectivity index (χ3v) is 2.53. The molecule has 0 aromatic heterocycles. The largest absolute Gasteiger partial charge is 0.314 e. The average molecular weight is 171 g/mol. The first kappa shape index (κ1) is 11.6. The van der Waals surface area contributed by atoms with Crippen LogP contribution in [-0.2, 0) is 0 Å². The molecule has 72 valence electrons. The van der Waals surface area contributed by atoms with E-state index in [9.17, 15) is 0 Å². The summed E-state index contributed by atoms with van der Waals surface area (Å²) < 4.78 is 0. The predicted octanol–water partition coefficient (Wildman–Crippen LogP) is 0.306. The summed E-state index contributed by atoms with van der Waals surface area (Å²) in [5.41, 5.74) is -0.0868. The Bertz CT molecular complexity index is 130. The highest BCUT2D eigenvalue weighted by Crippen LogP contribution is 2.11. The number of hydrogen-bond donors (Lipinski definition) is 3. The molecule has 3 heteroatoms. The molecule has 1 unspecified atom stereocenters. The number of rotatable bonds is 6. The third-order valence-electron chi connectivity index (χ3n) is 2.53. The topological polar surface area (TPSA) is 36.1 Å². The van der Waals surface area contributed by atoms with Crippen molar-refractivity contribution < 1.29 is 0 Å². The van der Waals surface area contributed by atoms with Crippen LogP contribution in [0.4, 0.5) is 0 Å². The molecule has 3 N–H and O–H groups in total. The fourth-order valence-electron chi connectivity index (χ4n) is 1.41. The van der Waals surface area contributed by atoms with E-state index in [0.29, 0.717) is 6.04 Å². The van der Waals surface area contributed by atoms with Crippen LogP contribution >= 0.6 is 0 Å². The van der Waals surface area contributed by atoms with E-state index in [0.717, 1.165) is 6.42 Å². The van der Waals surface area contributed by atoms with Gasteiger partial charge in [-0.1, -0.05) is 6.08 Å². The van der Waals surface area contributed by atoms with Gasteiger partial charge in [0.15, 0.2) is 0 Å². The monoisotopic (exact) mass is 171 g/mol. The predicted molar refractivity (Wildman–Crippen MR) is 54.2 cm³/mol. The van der Waals surface area contributed by atoms with Crippen molar-refractivity contribution >= 4 is 0 Å². The minimum atomic E-state index is -0.0868. The Morgan fingerprint density at radius 3 is 2.08 bits per heavy atom. The lowest BCUT2D eigenvalue weighted by Crippen LogP contribution is -2.64. The molecule has 0 amide bonds. The maximum atomic E-state index is 3.75. The summed E-state index contributed by atoms with van der Waals surface area (Å²) in [5.74, 6) is 0. The highest BCUT2D eigenvalue weighted by molar-refractivity contribution is 4.96. The number of likely N-dealkylation sites (N-methyl/N-ethyl adjacent to an activating group) is 3. The van der Waals surface area contributed by atoms with Crippen molar-refractivity contribution in [1.29, 1.82) is 0 Å². The Balaban J connectivity index is 4.43. The fourth-order valence-corrected chi connectivity index (χ4v) is 1.41. The SMILES string of the molecule is C=CCC(NC)(NC)C(C)NC. The van der Waals surface area contributed by atoms with E-state index in [1.807, 2.05) is 27.2 Å². The van der Waals surface area contributed by atoms with Crippen LogP contribution in [0.25, 0.3) is 0 Å². The first-order chi connectivity index (χ1) is 5.66. The average Bonchev–Trinajstić information content (AvgIpc) is 2.13. The van der Waals surface area contributed by atoms with Gasteiger partial charge in [0, 0.05) is 6.04 Å². The lowest BCUT2D eigenvalue weighted by atomic mass is 9.98. The van der Waals surface area contributed by atoms with Crippen molar-refractivity contribution in [2.75, 3.05) is 21.1 Å². The molecule has 0 aliphatic carbocycles. The summed E-state index contributed by atoms with van der Waals surface area (Å²) >= 11 is 0. The Hall–Kier alpha value is -0.380. The van der Waals surface area contributed by atoms with E-state index in [4.69, 9.17) is 0 Å². The van der Waals surface area contributed by atoms with Gasteiger partial charge in [-0.15, -0.1) is 6.58 Å². The standard InChI is InChI=1S/C9H21N3/c1-6-7-9(11-4,12-5)8(2)10-3/h6,8,10-12H,1,7H2,2-5H3. The Kier molecular flexibility index (Phi) is 5.13. The molecule has 0 saturated carbocycles. The molecule has 0 aromatic rings. The highest BCUT2D eigenvalue weighted by atomic mass is 15.2. The van der Waals surface area contributed by atoms with Gasteiger partial charge in [0.25, 0.3) is 0 Å². The minimum Gasteiger partial charge on any atom is -0.314 e. The van der Waals surface area contributed by atoms with Gasteiger partial charge in [-0.25, -0.2) is 0 Å². The smallest absolute Gasteiger partial charge is 0.0872 e. The van der Waals surface area contributed by atoms with Gasteiger partial charge in [0.2, 0.25) is 0 Å². The molecule has 0 bridgehead atoms. The summed E-state index contributed by atoms with van der Waals surface area (Å²) in [6.07, 6.45) is 2.81. The van der Waals surface area contributed by atoms with Crippen molar-refractivity contribution in [2.24, 2.45) is 0 Å². The second-order valence-corrected chi connectivity index (χ2v) is 2.97. The zero-order chi connectivity index (χ0) is 9.61. The van der Waals surface area contributed by atoms with Crippen molar-refractivity contribution in [3.63, 3.8) is 0 Å². The highest BCUT2D eigenvalue weighted by Gasteiger charge is 2.30. The summed E-state index contributed by atoms with van der Waals surface area (Å²) in [6, 6.07) is 0.352. The van der Waals surface area contributed by atoms with E-state index in [1.165, 1.54) is 0 Å². The Labute approximate surface area is 75.6 Å². The second kappa shape index (κ2) is 5.30. The molecular formula is C9H21N3. The zero-order valence-electron chi connectivity index (χ0n) is 8.57. The maximum absolute atomic E-state index is 3.75. The number of hydrogen-bond acceptors (Lipinski definition) is 3. The fraction of sp³-hybridized carbons (Fsp3) is 0.778. The van der Waals surface area contributed by atoms with Crippen LogP contribution in [0.2, 0.25) is 0 Å². The summed E-state index contributed by atoms with van der Waals surface area (Å²) in [7, 11) is 5.86. The quantitative estimate of drug-likeness (QED) is 0.397. The van der Waals surface area contributed by atoms with Crippen LogP contribution in [0.15, 0.2) is 12.7 Å². The summed E-state index contributed by atoms with van der Waals surface area (Å²) in [4.78, 5) is 0. The molecule has 12 heavy (non-hydrogen) atoms. The summed E-state index contributed by atoms with van der Waals surface area (Å²) in [6.45, 7) is 5.89. The molecule has 0 saturated heterocycles. The van der Waals surface area contributed by atoms with Gasteiger partial charge in [0.1, 0.15) is 0 Å². The van der Waals surface area contributed by atoms with Crippen LogP contribution < -0.4 is 16.0 Å². The van der Waals surface area contributed by atoms with E-state index in [1.54, 1.807) is 0 Å². The number of nitrogens with one attached hydrogen (secondary N) is 3. The van der Waals surface area contributed by atoms with Gasteiger partial charge in [0.05, 0.1) is 5.66 Å². The van der Waals surface area contributed by atoms with Gasteiger partial charge in [-0.3, -0.25) is 0 Å². The van der Waals surface area contributed by atoms with Crippen molar-refractivity contribution in [1.82, 2.24) is 16.0 Å². The molecule has 0 rings (SSSR count). The second-order valence-electron chi connectivity index (χ2n) is 2.97. The Morgan fingerprint density at radius 2 is 1.83 bits per heavy atom. The van der Waals surface area contributed by atoms with Crippen LogP contribution in [0.3, 0.4) is 0 Å². The van der Waals surface area contributed by atoms with E-state index in [-0.39, 0.29) is 5.66 Å². The van der Waals surface area contributed by atoms with Crippen LogP contribution in [-0.4, -0.2) is 32.8 Å². The van der Waals surface area contributed by atoms with Crippen LogP contribution in [0.1, 0.15) is 13.3 Å². The minimum absolute atomic E-state index is 0.0868. The van der Waals surface area contributed by atoms with Crippen LogP contribution in [0.5, 0.6) is 0 Å². The van der Waals surface area contributed by atoms with E-state index in [2.05, 4.69) is 29.5 Å². The molecule has 0 spiro atoms. The molecule has 1 atom stereocenters. The molecule has 0 radical (unpaired) electrons. The lowest BCUT2D eigenvalue weighted by Gasteiger charge is -2.38. The molecule has 0 aliphatic heterocycles. The normalized spacial score (nSPS) is 14.3. The van der Waals surface area contributed by atoms with Gasteiger partial charge in [-0.2, -0.15) is 0 Å². The molecule has 0 aromatic carbocycles. The van der Waals surface area contributed by atoms with E-state index < -0.39 is 0 Å². The van der Waals surface area contributed by atoms with Gasteiger partial charge in [-0.05, 0) is 34.5 Å². The molecule has 0 aliphatic rings. The van der Waals surface area contributed by atoms with Crippen molar-refractivity contribution in [3.8, 4) is 0 Å². The van der Waals surface area contributed by atoms with E-state index >= 15 is 0 Å². The molecule has 3 nitrogen and oxygen atoms in total. The summed E-state index contributed by atoms with van der Waals surface area (Å²) in [5, 5.41) is 9.76. The third kappa shape index (κ3) is 2.30. The van der Waals surface area contributed by atoms with Gasteiger partial charge >= 0.3 is 0 Å². The molecule has 0 heterocycles. The Morgan fingerprint density at radius 1 is 1.33 bits per heavy atom. The van der Waals surface area contributed by atoms with Crippen molar-refractivity contribution in [3.05, 3.63) is 12.7 Å².